The third-order valence-corrected chi connectivity index (χ3v) is 0.867. The van der Waals surface area contributed by atoms with Crippen LogP contribution >= 0.6 is 0 Å². The molecule has 0 atom stereocenters. The summed E-state index contributed by atoms with van der Waals surface area (Å²) in [6.45, 7) is 0. The lowest BCUT2D eigenvalue weighted by Gasteiger charge is -1.96. The van der Waals surface area contributed by atoms with Crippen molar-refractivity contribution in [3.05, 3.63) is 6.20 Å². The van der Waals surface area contributed by atoms with Crippen LogP contribution in [0, 0.1) is 0 Å². The lowest BCUT2D eigenvalue weighted by atomic mass is 10.5. The van der Waals surface area contributed by atoms with E-state index in [4.69, 9.17) is 30.5 Å². The fraction of sp³-hybridized carbons (Fsp3) is 0. The van der Waals surface area contributed by atoms with Crippen molar-refractivity contribution in [3.63, 3.8) is 0 Å². The smallest absolute Gasteiger partial charge is 0.299 e. The van der Waals surface area contributed by atoms with Gasteiger partial charge in [-0.1, -0.05) is 0 Å². The van der Waals surface area contributed by atoms with Gasteiger partial charge in [0.25, 0.3) is 11.4 Å². The van der Waals surface area contributed by atoms with E-state index in [1.54, 1.807) is 0 Å². The summed E-state index contributed by atoms with van der Waals surface area (Å²) in [6.07, 6.45) is 1.37. The monoisotopic (exact) mass is 207 g/mol. The summed E-state index contributed by atoms with van der Waals surface area (Å²) in [7, 11) is 0. The Balaban J connectivity index is 0.000000310. The third-order valence-electron chi connectivity index (χ3n) is 0.867. The quantitative estimate of drug-likeness (QED) is 0.335. The normalized spacial score (nSPS) is 9.15. The average Bonchev–Trinajstić information content (AvgIpc) is 1.96. The van der Waals surface area contributed by atoms with Crippen LogP contribution in [-0.2, 0) is 11.4 Å². The van der Waals surface area contributed by atoms with E-state index in [1.807, 2.05) is 0 Å². The molecule has 0 aliphatic heterocycles. The molecule has 0 aliphatic carbocycles. The highest BCUT2D eigenvalue weighted by Crippen LogP contribution is 2.08. The third kappa shape index (κ3) is 5.78. The Bertz CT molecular complexity index is 302. The van der Waals surface area contributed by atoms with E-state index in [-0.39, 0.29) is 11.8 Å². The van der Waals surface area contributed by atoms with E-state index in [9.17, 15) is 0 Å². The summed E-state index contributed by atoms with van der Waals surface area (Å²) in [5, 5.41) is 0. The second-order valence-corrected chi connectivity index (χ2v) is 2.26. The molecule has 13 heavy (non-hydrogen) atoms. The van der Waals surface area contributed by atoms with Gasteiger partial charge in [-0.3, -0.25) is 9.11 Å². The molecule has 0 aliphatic rings. The number of nitrogens with zero attached hydrogens (tertiary/aromatic N) is 2. The minimum absolute atomic E-state index is 0.140. The Morgan fingerprint density at radius 2 is 1.77 bits per heavy atom. The van der Waals surface area contributed by atoms with E-state index < -0.39 is 11.4 Å². The molecule has 0 amide bonds. The molecule has 1 aromatic heterocycles. The maximum atomic E-state index is 8.67. The van der Waals surface area contributed by atoms with Crippen LogP contribution in [0.4, 0.5) is 17.5 Å². The second kappa shape index (κ2) is 5.24. The van der Waals surface area contributed by atoms with Crippen LogP contribution in [0.5, 0.6) is 0 Å². The average molecular weight is 207 g/mol. The van der Waals surface area contributed by atoms with Crippen molar-refractivity contribution < 1.29 is 13.3 Å². The van der Waals surface area contributed by atoms with Crippen molar-refractivity contribution in [1.82, 2.24) is 9.97 Å². The SMILES string of the molecule is Nc1ncc(N)c(N)n1.O=S(O)O. The van der Waals surface area contributed by atoms with Crippen molar-refractivity contribution in [3.8, 4) is 0 Å². The predicted molar refractivity (Wildman–Crippen MR) is 48.7 cm³/mol. The summed E-state index contributed by atoms with van der Waals surface area (Å²) < 4.78 is 22.8. The maximum absolute atomic E-state index is 8.67. The zero-order valence-corrected chi connectivity index (χ0v) is 7.23. The zero-order chi connectivity index (χ0) is 10.4. The highest BCUT2D eigenvalue weighted by atomic mass is 32.2. The number of nitrogen functional groups attached to an aromatic ring is 3. The zero-order valence-electron chi connectivity index (χ0n) is 6.41. The van der Waals surface area contributed by atoms with Crippen molar-refractivity contribution in [2.45, 2.75) is 0 Å². The van der Waals surface area contributed by atoms with Gasteiger partial charge in [-0.2, -0.15) is 9.19 Å². The number of aromatic nitrogens is 2. The Morgan fingerprint density at radius 1 is 1.31 bits per heavy atom. The number of nitrogens with two attached hydrogens (primary N) is 3. The first-order chi connectivity index (χ1) is 5.93. The van der Waals surface area contributed by atoms with Crippen LogP contribution in [0.2, 0.25) is 0 Å². The van der Waals surface area contributed by atoms with E-state index in [0.29, 0.717) is 5.69 Å². The molecule has 0 aromatic carbocycles. The van der Waals surface area contributed by atoms with Crippen molar-refractivity contribution in [1.29, 1.82) is 0 Å². The van der Waals surface area contributed by atoms with Gasteiger partial charge in [0.1, 0.15) is 0 Å². The van der Waals surface area contributed by atoms with Gasteiger partial charge in [-0.25, -0.2) is 4.98 Å². The van der Waals surface area contributed by atoms with Gasteiger partial charge in [-0.15, -0.1) is 0 Å². The molecule has 74 valence electrons. The van der Waals surface area contributed by atoms with Crippen LogP contribution in [0.1, 0.15) is 0 Å². The first kappa shape index (κ1) is 11.6. The molecular weight excluding hydrogens is 198 g/mol. The van der Waals surface area contributed by atoms with Gasteiger partial charge in [-0.05, 0) is 0 Å². The molecule has 0 bridgehead atoms. The summed E-state index contributed by atoms with van der Waals surface area (Å²) in [5.74, 6) is 0.365. The van der Waals surface area contributed by atoms with Crippen LogP contribution in [0.25, 0.3) is 0 Å². The molecule has 0 fully saturated rings. The maximum Gasteiger partial charge on any atom is 0.299 e. The molecule has 1 rings (SSSR count). The minimum Gasteiger partial charge on any atom is -0.394 e. The highest BCUT2D eigenvalue weighted by Gasteiger charge is 1.94. The molecule has 8 N–H and O–H groups in total. The Kier molecular flexibility index (Phi) is 4.66. The fourth-order valence-corrected chi connectivity index (χ4v) is 0.419. The standard InChI is InChI=1S/C4H7N5.H2O3S/c5-2-1-8-4(7)9-3(2)6;1-4(2)3/h1H,5H2,(H4,6,7,8,9);(H2,1,2,3). The van der Waals surface area contributed by atoms with Gasteiger partial charge in [0.2, 0.25) is 5.95 Å². The summed E-state index contributed by atoms with van der Waals surface area (Å²) >= 11 is -2.61. The van der Waals surface area contributed by atoms with Crippen molar-refractivity contribution >= 4 is 28.8 Å². The molecule has 0 unspecified atom stereocenters. The van der Waals surface area contributed by atoms with Gasteiger partial charge in [0.15, 0.2) is 5.82 Å². The second-order valence-electron chi connectivity index (χ2n) is 1.80. The van der Waals surface area contributed by atoms with Gasteiger partial charge < -0.3 is 17.2 Å². The molecule has 1 aromatic rings. The van der Waals surface area contributed by atoms with Crippen molar-refractivity contribution in [2.24, 2.45) is 0 Å². The Labute approximate surface area is 76.3 Å². The Hall–Kier alpha value is -1.45. The van der Waals surface area contributed by atoms with E-state index in [1.165, 1.54) is 6.20 Å². The summed E-state index contributed by atoms with van der Waals surface area (Å²) in [5.41, 5.74) is 16.1. The molecule has 8 nitrogen and oxygen atoms in total. The van der Waals surface area contributed by atoms with Crippen LogP contribution in [0.3, 0.4) is 0 Å². The lowest BCUT2D eigenvalue weighted by Crippen LogP contribution is -2.02. The van der Waals surface area contributed by atoms with E-state index >= 15 is 0 Å². The van der Waals surface area contributed by atoms with Gasteiger partial charge in [0.05, 0.1) is 11.9 Å². The van der Waals surface area contributed by atoms with Crippen LogP contribution in [-0.4, -0.2) is 23.3 Å². The van der Waals surface area contributed by atoms with Crippen molar-refractivity contribution in [2.75, 3.05) is 17.2 Å². The van der Waals surface area contributed by atoms with Gasteiger partial charge in [0, 0.05) is 0 Å². The number of hydrogen-bond acceptors (Lipinski definition) is 6. The van der Waals surface area contributed by atoms with Crippen LogP contribution < -0.4 is 17.2 Å². The molecular formula is C4H9N5O3S. The van der Waals surface area contributed by atoms with E-state index in [0.717, 1.165) is 0 Å². The summed E-state index contributed by atoms with van der Waals surface area (Å²) in [6, 6.07) is 0. The number of hydrogen-bond donors (Lipinski definition) is 5. The first-order valence-corrected chi connectivity index (χ1v) is 3.93. The molecule has 1 heterocycles. The van der Waals surface area contributed by atoms with Gasteiger partial charge >= 0.3 is 0 Å². The molecule has 0 spiro atoms. The topological polar surface area (TPSA) is 161 Å². The van der Waals surface area contributed by atoms with Crippen LogP contribution in [0.15, 0.2) is 6.20 Å². The Morgan fingerprint density at radius 3 is 2.08 bits per heavy atom. The number of anilines is 3. The minimum atomic E-state index is -2.61. The molecule has 0 saturated heterocycles. The summed E-state index contributed by atoms with van der Waals surface area (Å²) in [4.78, 5) is 7.19. The molecule has 0 radical (unpaired) electrons. The molecule has 0 saturated carbocycles. The largest absolute Gasteiger partial charge is 0.394 e. The van der Waals surface area contributed by atoms with E-state index in [2.05, 4.69) is 9.97 Å². The number of rotatable bonds is 0. The fourth-order valence-electron chi connectivity index (χ4n) is 0.419. The lowest BCUT2D eigenvalue weighted by molar-refractivity contribution is 0.454. The molecule has 9 heteroatoms. The predicted octanol–water partition coefficient (Wildman–Crippen LogP) is -1.10. The highest BCUT2D eigenvalue weighted by molar-refractivity contribution is 7.73. The first-order valence-electron chi connectivity index (χ1n) is 2.87.